The van der Waals surface area contributed by atoms with Gasteiger partial charge in [0, 0.05) is 5.56 Å². The molecule has 0 bridgehead atoms. The third-order valence-electron chi connectivity index (χ3n) is 1.76. The number of carbonyl (C=O) groups excluding carboxylic acids is 1. The lowest BCUT2D eigenvalue weighted by atomic mass is 10.1. The first-order valence-electron chi connectivity index (χ1n) is 3.84. The van der Waals surface area contributed by atoms with E-state index < -0.39 is 28.3 Å². The smallest absolute Gasteiger partial charge is 0.421 e. The second kappa shape index (κ2) is 3.73. The van der Waals surface area contributed by atoms with Crippen LogP contribution < -0.4 is 0 Å². The highest BCUT2D eigenvalue weighted by molar-refractivity contribution is 6.32. The number of benzene rings is 1. The molecule has 1 rings (SSSR count). The molecular formula is C9H6ClF3O2. The summed E-state index contributed by atoms with van der Waals surface area (Å²) in [6.07, 6.45) is -4.74. The Kier molecular flexibility index (Phi) is 2.95. The predicted octanol–water partition coefficient (Wildman–Crippen LogP) is 3.27. The zero-order valence-corrected chi connectivity index (χ0v) is 8.28. The van der Waals surface area contributed by atoms with Crippen molar-refractivity contribution in [2.45, 2.75) is 13.1 Å². The fourth-order valence-electron chi connectivity index (χ4n) is 1.08. The van der Waals surface area contributed by atoms with Gasteiger partial charge >= 0.3 is 6.18 Å². The highest BCUT2D eigenvalue weighted by Gasteiger charge is 2.36. The minimum absolute atomic E-state index is 0.0644. The summed E-state index contributed by atoms with van der Waals surface area (Å²) in [5.41, 5.74) is -1.39. The van der Waals surface area contributed by atoms with Crippen LogP contribution in [0, 0.1) is 0 Å². The molecule has 6 heteroatoms. The van der Waals surface area contributed by atoms with Gasteiger partial charge in [-0.3, -0.25) is 4.79 Å². The van der Waals surface area contributed by atoms with Crippen LogP contribution in [0.25, 0.3) is 0 Å². The van der Waals surface area contributed by atoms with Crippen LogP contribution in [-0.2, 0) is 6.18 Å². The van der Waals surface area contributed by atoms with E-state index in [1.807, 2.05) is 0 Å². The third-order valence-corrected chi connectivity index (χ3v) is 2.06. The molecule has 2 nitrogen and oxygen atoms in total. The lowest BCUT2D eigenvalue weighted by molar-refractivity contribution is -0.138. The number of hydrogen-bond acceptors (Lipinski definition) is 2. The van der Waals surface area contributed by atoms with Crippen LogP contribution >= 0.6 is 11.6 Å². The summed E-state index contributed by atoms with van der Waals surface area (Å²) >= 11 is 5.33. The Morgan fingerprint density at radius 1 is 1.40 bits per heavy atom. The van der Waals surface area contributed by atoms with Gasteiger partial charge in [0.1, 0.15) is 11.3 Å². The number of halogens is 4. The van der Waals surface area contributed by atoms with E-state index in [9.17, 15) is 18.0 Å². The minimum Gasteiger partial charge on any atom is -0.507 e. The van der Waals surface area contributed by atoms with Gasteiger partial charge in [-0.15, -0.1) is 0 Å². The highest BCUT2D eigenvalue weighted by atomic mass is 35.5. The summed E-state index contributed by atoms with van der Waals surface area (Å²) in [5, 5.41) is 8.41. The highest BCUT2D eigenvalue weighted by Crippen LogP contribution is 2.41. The van der Waals surface area contributed by atoms with E-state index in [4.69, 9.17) is 16.7 Å². The van der Waals surface area contributed by atoms with Crippen molar-refractivity contribution in [1.82, 2.24) is 0 Å². The van der Waals surface area contributed by atoms with Crippen molar-refractivity contribution in [1.29, 1.82) is 0 Å². The molecule has 0 aromatic heterocycles. The van der Waals surface area contributed by atoms with Gasteiger partial charge in [0.2, 0.25) is 0 Å². The SMILES string of the molecule is CC(=O)c1cc(O)c(C(F)(F)F)c(Cl)c1. The van der Waals surface area contributed by atoms with E-state index in [-0.39, 0.29) is 5.56 Å². The number of rotatable bonds is 1. The fraction of sp³-hybridized carbons (Fsp3) is 0.222. The Hall–Kier alpha value is -1.23. The topological polar surface area (TPSA) is 37.3 Å². The summed E-state index contributed by atoms with van der Waals surface area (Å²) < 4.78 is 36.9. The van der Waals surface area contributed by atoms with Crippen LogP contribution in [0.5, 0.6) is 5.75 Å². The van der Waals surface area contributed by atoms with Crippen molar-refractivity contribution in [3.63, 3.8) is 0 Å². The molecule has 0 fully saturated rings. The molecule has 0 saturated heterocycles. The van der Waals surface area contributed by atoms with Gasteiger partial charge in [0.25, 0.3) is 0 Å². The van der Waals surface area contributed by atoms with Gasteiger partial charge in [-0.2, -0.15) is 13.2 Å². The van der Waals surface area contributed by atoms with E-state index in [1.165, 1.54) is 6.92 Å². The van der Waals surface area contributed by atoms with Gasteiger partial charge in [-0.25, -0.2) is 0 Å². The van der Waals surface area contributed by atoms with Gasteiger partial charge in [-0.05, 0) is 19.1 Å². The largest absolute Gasteiger partial charge is 0.507 e. The first kappa shape index (κ1) is 11.8. The van der Waals surface area contributed by atoms with E-state index >= 15 is 0 Å². The summed E-state index contributed by atoms with van der Waals surface area (Å²) in [4.78, 5) is 10.9. The molecule has 0 aliphatic carbocycles. The van der Waals surface area contributed by atoms with Crippen molar-refractivity contribution in [3.8, 4) is 5.75 Å². The summed E-state index contributed by atoms with van der Waals surface area (Å²) in [6.45, 7) is 1.17. The normalized spacial score (nSPS) is 11.5. The summed E-state index contributed by atoms with van der Waals surface area (Å²) in [5.74, 6) is -1.51. The third kappa shape index (κ3) is 2.41. The summed E-state index contributed by atoms with van der Waals surface area (Å²) in [7, 11) is 0. The van der Waals surface area contributed by atoms with Gasteiger partial charge in [0.15, 0.2) is 5.78 Å². The number of hydrogen-bond donors (Lipinski definition) is 1. The van der Waals surface area contributed by atoms with Crippen molar-refractivity contribution in [2.75, 3.05) is 0 Å². The number of phenols is 1. The number of alkyl halides is 3. The molecule has 1 N–H and O–H groups in total. The molecule has 0 aliphatic heterocycles. The zero-order valence-electron chi connectivity index (χ0n) is 7.52. The maximum atomic E-state index is 12.3. The molecule has 0 atom stereocenters. The monoisotopic (exact) mass is 238 g/mol. The van der Waals surface area contributed by atoms with E-state index in [2.05, 4.69) is 0 Å². The van der Waals surface area contributed by atoms with E-state index in [1.54, 1.807) is 0 Å². The van der Waals surface area contributed by atoms with Crippen LogP contribution in [0.15, 0.2) is 12.1 Å². The van der Waals surface area contributed by atoms with Gasteiger partial charge < -0.3 is 5.11 Å². The Morgan fingerprint density at radius 2 is 1.93 bits per heavy atom. The molecular weight excluding hydrogens is 233 g/mol. The van der Waals surface area contributed by atoms with Crippen molar-refractivity contribution < 1.29 is 23.1 Å². The van der Waals surface area contributed by atoms with Crippen LogP contribution in [0.1, 0.15) is 22.8 Å². The molecule has 15 heavy (non-hydrogen) atoms. The number of ketones is 1. The van der Waals surface area contributed by atoms with Crippen LogP contribution in [0.4, 0.5) is 13.2 Å². The first-order chi connectivity index (χ1) is 6.73. The van der Waals surface area contributed by atoms with E-state index in [0.29, 0.717) is 0 Å². The molecule has 82 valence electrons. The molecule has 1 aromatic rings. The molecule has 1 aromatic carbocycles. The molecule has 0 aliphatic rings. The van der Waals surface area contributed by atoms with Crippen LogP contribution in [-0.4, -0.2) is 10.9 Å². The number of aromatic hydroxyl groups is 1. The maximum Gasteiger partial charge on any atom is 0.421 e. The zero-order chi connectivity index (χ0) is 11.8. The number of Topliss-reactive ketones (excluding diaryl/α,β-unsaturated/α-hetero) is 1. The first-order valence-corrected chi connectivity index (χ1v) is 4.22. The Balaban J connectivity index is 3.41. The number of carbonyl (C=O) groups is 1. The van der Waals surface area contributed by atoms with Crippen LogP contribution in [0.3, 0.4) is 0 Å². The lowest BCUT2D eigenvalue weighted by Gasteiger charge is -2.11. The minimum atomic E-state index is -4.74. The quantitative estimate of drug-likeness (QED) is 0.763. The van der Waals surface area contributed by atoms with Crippen LogP contribution in [0.2, 0.25) is 5.02 Å². The van der Waals surface area contributed by atoms with Crippen molar-refractivity contribution in [2.24, 2.45) is 0 Å². The fourth-order valence-corrected chi connectivity index (χ4v) is 1.40. The molecule has 0 unspecified atom stereocenters. The lowest BCUT2D eigenvalue weighted by Crippen LogP contribution is -2.07. The molecule has 0 spiro atoms. The van der Waals surface area contributed by atoms with Crippen molar-refractivity contribution >= 4 is 17.4 Å². The Morgan fingerprint density at radius 3 is 2.27 bits per heavy atom. The van der Waals surface area contributed by atoms with E-state index in [0.717, 1.165) is 12.1 Å². The Labute approximate surface area is 88.3 Å². The predicted molar refractivity (Wildman–Crippen MR) is 48.1 cm³/mol. The summed E-state index contributed by atoms with van der Waals surface area (Å²) in [6, 6.07) is 1.63. The second-order valence-electron chi connectivity index (χ2n) is 2.91. The Bertz CT molecular complexity index is 389. The molecule has 0 radical (unpaired) electrons. The average Bonchev–Trinajstić information content (AvgIpc) is 1.99. The van der Waals surface area contributed by atoms with Crippen molar-refractivity contribution in [3.05, 3.63) is 28.3 Å². The molecule has 0 saturated carbocycles. The average molecular weight is 239 g/mol. The van der Waals surface area contributed by atoms with Gasteiger partial charge in [-0.1, -0.05) is 11.6 Å². The second-order valence-corrected chi connectivity index (χ2v) is 3.31. The maximum absolute atomic E-state index is 12.3. The number of phenolic OH excluding ortho intramolecular Hbond substituents is 1. The van der Waals surface area contributed by atoms with Gasteiger partial charge in [0.05, 0.1) is 5.02 Å². The molecule has 0 heterocycles. The standard InChI is InChI=1S/C9H6ClF3O2/c1-4(14)5-2-6(10)8(7(15)3-5)9(11,12)13/h2-3,15H,1H3. The molecule has 0 amide bonds.